The summed E-state index contributed by atoms with van der Waals surface area (Å²) in [6.07, 6.45) is 1.25. The maximum absolute atomic E-state index is 13.5. The fraction of sp³-hybridized carbons (Fsp3) is 0.429. The molecule has 0 saturated carbocycles. The predicted octanol–water partition coefficient (Wildman–Crippen LogP) is 5.01. The van der Waals surface area contributed by atoms with E-state index in [1.165, 1.54) is 5.56 Å². The Morgan fingerprint density at radius 2 is 1.44 bits per heavy atom. The van der Waals surface area contributed by atoms with Gasteiger partial charge in [-0.15, -0.1) is 0 Å². The highest BCUT2D eigenvalue weighted by molar-refractivity contribution is 6.02. The predicted molar refractivity (Wildman–Crippen MR) is 131 cm³/mol. The molecule has 0 spiro atoms. The highest BCUT2D eigenvalue weighted by Crippen LogP contribution is 2.46. The zero-order chi connectivity index (χ0) is 24.6. The molecule has 1 amide bonds. The average Bonchev–Trinajstić information content (AvgIpc) is 2.81. The summed E-state index contributed by atoms with van der Waals surface area (Å²) in [6.45, 7) is 6.55. The summed E-state index contributed by atoms with van der Waals surface area (Å²) < 4.78 is 16.4. The second-order valence-electron chi connectivity index (χ2n) is 10.1. The van der Waals surface area contributed by atoms with E-state index in [1.807, 2.05) is 12.1 Å². The van der Waals surface area contributed by atoms with Gasteiger partial charge in [0, 0.05) is 30.0 Å². The van der Waals surface area contributed by atoms with E-state index >= 15 is 0 Å². The normalized spacial score (nSPS) is 20.5. The Balaban J connectivity index is 1.70. The monoisotopic (exact) mass is 463 g/mol. The second kappa shape index (κ2) is 9.16. The van der Waals surface area contributed by atoms with Crippen LogP contribution in [-0.4, -0.2) is 33.0 Å². The van der Waals surface area contributed by atoms with Crippen LogP contribution in [0.2, 0.25) is 0 Å². The van der Waals surface area contributed by atoms with Crippen LogP contribution in [0, 0.1) is 0 Å². The molecule has 2 aromatic carbocycles. The standard InChI is InChI=1S/C28H33NO5/c1-28(2,3)19-9-7-16(8-10-19)17-11-21-26(22(30)12-17)20(15-25(31)29-21)18-13-23(32-4)27(34-6)24(14-18)33-5/h7-10,13-14,17,20H,11-12,15H2,1-6H3,(H,29,31)/t17-,20-/m1/s1. The number of allylic oxidation sites excluding steroid dienone is 2. The molecule has 0 bridgehead atoms. The fourth-order valence-corrected chi connectivity index (χ4v) is 5.04. The highest BCUT2D eigenvalue weighted by atomic mass is 16.5. The minimum atomic E-state index is -0.353. The molecule has 180 valence electrons. The van der Waals surface area contributed by atoms with E-state index in [4.69, 9.17) is 14.2 Å². The molecule has 2 atom stereocenters. The lowest BCUT2D eigenvalue weighted by Crippen LogP contribution is -2.38. The van der Waals surface area contributed by atoms with Crippen LogP contribution in [0.15, 0.2) is 47.7 Å². The molecule has 1 aliphatic heterocycles. The van der Waals surface area contributed by atoms with Crippen molar-refractivity contribution in [1.82, 2.24) is 5.32 Å². The number of nitrogens with one attached hydrogen (secondary N) is 1. The van der Waals surface area contributed by atoms with Crippen molar-refractivity contribution in [2.24, 2.45) is 0 Å². The van der Waals surface area contributed by atoms with Crippen LogP contribution in [0.25, 0.3) is 0 Å². The molecule has 0 unspecified atom stereocenters. The van der Waals surface area contributed by atoms with Gasteiger partial charge in [-0.2, -0.15) is 0 Å². The van der Waals surface area contributed by atoms with Crippen LogP contribution < -0.4 is 19.5 Å². The van der Waals surface area contributed by atoms with E-state index in [0.29, 0.717) is 35.7 Å². The van der Waals surface area contributed by atoms with Gasteiger partial charge in [-0.3, -0.25) is 9.59 Å². The first-order valence-electron chi connectivity index (χ1n) is 11.6. The largest absolute Gasteiger partial charge is 0.493 e. The van der Waals surface area contributed by atoms with Crippen LogP contribution in [0.5, 0.6) is 17.2 Å². The van der Waals surface area contributed by atoms with Crippen molar-refractivity contribution in [3.8, 4) is 17.2 Å². The van der Waals surface area contributed by atoms with Crippen LogP contribution in [0.4, 0.5) is 0 Å². The lowest BCUT2D eigenvalue weighted by Gasteiger charge is -2.35. The first-order chi connectivity index (χ1) is 16.2. The molecule has 0 fully saturated rings. The van der Waals surface area contributed by atoms with E-state index < -0.39 is 0 Å². The van der Waals surface area contributed by atoms with Crippen molar-refractivity contribution in [2.45, 2.75) is 57.3 Å². The molecule has 0 aromatic heterocycles. The number of hydrogen-bond acceptors (Lipinski definition) is 5. The highest BCUT2D eigenvalue weighted by Gasteiger charge is 2.39. The molecule has 34 heavy (non-hydrogen) atoms. The van der Waals surface area contributed by atoms with Crippen molar-refractivity contribution in [2.75, 3.05) is 21.3 Å². The molecular formula is C28H33NO5. The summed E-state index contributed by atoms with van der Waals surface area (Å²) >= 11 is 0. The third-order valence-electron chi connectivity index (χ3n) is 6.87. The van der Waals surface area contributed by atoms with Gasteiger partial charge in [-0.1, -0.05) is 45.0 Å². The Morgan fingerprint density at radius 3 is 1.97 bits per heavy atom. The van der Waals surface area contributed by atoms with Crippen LogP contribution in [-0.2, 0) is 15.0 Å². The number of carbonyl (C=O) groups is 2. The topological polar surface area (TPSA) is 73.9 Å². The van der Waals surface area contributed by atoms with Crippen molar-refractivity contribution >= 4 is 11.7 Å². The Morgan fingerprint density at radius 1 is 0.824 bits per heavy atom. The number of ketones is 1. The smallest absolute Gasteiger partial charge is 0.225 e. The number of rotatable bonds is 5. The average molecular weight is 464 g/mol. The summed E-state index contributed by atoms with van der Waals surface area (Å²) in [5.41, 5.74) is 4.68. The Hall–Kier alpha value is -3.28. The van der Waals surface area contributed by atoms with E-state index in [1.54, 1.807) is 21.3 Å². The summed E-state index contributed by atoms with van der Waals surface area (Å²) in [6, 6.07) is 12.2. The van der Waals surface area contributed by atoms with Gasteiger partial charge in [-0.05, 0) is 46.6 Å². The molecule has 2 aromatic rings. The number of Topliss-reactive ketones (excluding diaryl/α,β-unsaturated/α-hetero) is 1. The number of benzene rings is 2. The fourth-order valence-electron chi connectivity index (χ4n) is 5.04. The van der Waals surface area contributed by atoms with Crippen molar-refractivity contribution in [3.05, 3.63) is 64.4 Å². The molecule has 6 nitrogen and oxygen atoms in total. The van der Waals surface area contributed by atoms with Gasteiger partial charge >= 0.3 is 0 Å². The molecule has 0 saturated heterocycles. The van der Waals surface area contributed by atoms with Crippen molar-refractivity contribution in [1.29, 1.82) is 0 Å². The third-order valence-corrected chi connectivity index (χ3v) is 6.87. The quantitative estimate of drug-likeness (QED) is 0.674. The van der Waals surface area contributed by atoms with E-state index in [-0.39, 0.29) is 35.4 Å². The molecule has 1 N–H and O–H groups in total. The van der Waals surface area contributed by atoms with Gasteiger partial charge in [0.2, 0.25) is 11.7 Å². The van der Waals surface area contributed by atoms with Gasteiger partial charge in [0.1, 0.15) is 0 Å². The summed E-state index contributed by atoms with van der Waals surface area (Å²) in [5, 5.41) is 3.00. The SMILES string of the molecule is COc1cc([C@H]2CC(=O)NC3=C2C(=O)C[C@H](c2ccc(C(C)(C)C)cc2)C3)cc(OC)c1OC. The summed E-state index contributed by atoms with van der Waals surface area (Å²) in [7, 11) is 4.66. The lowest BCUT2D eigenvalue weighted by atomic mass is 9.73. The second-order valence-corrected chi connectivity index (χ2v) is 10.1. The van der Waals surface area contributed by atoms with Gasteiger partial charge in [0.05, 0.1) is 21.3 Å². The third kappa shape index (κ3) is 4.41. The molecule has 1 heterocycles. The van der Waals surface area contributed by atoms with Gasteiger partial charge < -0.3 is 19.5 Å². The number of ether oxygens (including phenoxy) is 3. The number of amides is 1. The minimum absolute atomic E-state index is 0.0410. The number of hydrogen-bond donors (Lipinski definition) is 1. The number of methoxy groups -OCH3 is 3. The molecule has 1 aliphatic carbocycles. The Kier molecular flexibility index (Phi) is 6.43. The van der Waals surface area contributed by atoms with E-state index in [9.17, 15) is 9.59 Å². The zero-order valence-electron chi connectivity index (χ0n) is 20.8. The maximum atomic E-state index is 13.5. The summed E-state index contributed by atoms with van der Waals surface area (Å²) in [4.78, 5) is 26.2. The van der Waals surface area contributed by atoms with Crippen LogP contribution in [0.1, 0.15) is 68.6 Å². The summed E-state index contributed by atoms with van der Waals surface area (Å²) in [5.74, 6) is 1.17. The maximum Gasteiger partial charge on any atom is 0.225 e. The lowest BCUT2D eigenvalue weighted by molar-refractivity contribution is -0.122. The molecule has 6 heteroatoms. The molecular weight excluding hydrogens is 430 g/mol. The Labute approximate surface area is 201 Å². The zero-order valence-corrected chi connectivity index (χ0v) is 20.8. The van der Waals surface area contributed by atoms with Crippen LogP contribution in [0.3, 0.4) is 0 Å². The minimum Gasteiger partial charge on any atom is -0.493 e. The molecule has 0 radical (unpaired) electrons. The Bertz CT molecular complexity index is 1120. The van der Waals surface area contributed by atoms with E-state index in [0.717, 1.165) is 16.8 Å². The first-order valence-corrected chi connectivity index (χ1v) is 11.6. The van der Waals surface area contributed by atoms with E-state index in [2.05, 4.69) is 50.4 Å². The van der Waals surface area contributed by atoms with Crippen molar-refractivity contribution in [3.63, 3.8) is 0 Å². The molecule has 2 aliphatic rings. The van der Waals surface area contributed by atoms with Gasteiger partial charge in [0.15, 0.2) is 17.3 Å². The van der Waals surface area contributed by atoms with Gasteiger partial charge in [-0.25, -0.2) is 0 Å². The van der Waals surface area contributed by atoms with Crippen molar-refractivity contribution < 1.29 is 23.8 Å². The van der Waals surface area contributed by atoms with Crippen LogP contribution >= 0.6 is 0 Å². The van der Waals surface area contributed by atoms with Gasteiger partial charge in [0.25, 0.3) is 0 Å². The molecule has 4 rings (SSSR count). The first kappa shape index (κ1) is 23.9. The number of carbonyl (C=O) groups excluding carboxylic acids is 2.